The number of nitrogens with two attached hydrogens (primary N) is 1. The minimum absolute atomic E-state index is 0.116. The molecule has 8 nitrogen and oxygen atoms in total. The summed E-state index contributed by atoms with van der Waals surface area (Å²) in [5.74, 6) is 1.35. The van der Waals surface area contributed by atoms with Gasteiger partial charge in [0.15, 0.2) is 11.9 Å². The van der Waals surface area contributed by atoms with Crippen molar-refractivity contribution in [2.45, 2.75) is 52.1 Å². The number of likely N-dealkylation sites (tertiary alicyclic amines) is 1. The molecule has 1 aliphatic rings. The Kier molecular flexibility index (Phi) is 5.63. The van der Waals surface area contributed by atoms with E-state index in [-0.39, 0.29) is 23.1 Å². The average Bonchev–Trinajstić information content (AvgIpc) is 3.08. The molecule has 2 N–H and O–H groups in total. The molecular formula is C23H29ClN6O2. The molecule has 1 aliphatic heterocycles. The van der Waals surface area contributed by atoms with Crippen LogP contribution in [0, 0.1) is 6.92 Å². The Labute approximate surface area is 192 Å². The van der Waals surface area contributed by atoms with Crippen LogP contribution in [0.4, 0.5) is 5.82 Å². The van der Waals surface area contributed by atoms with Crippen molar-refractivity contribution in [2.75, 3.05) is 25.9 Å². The van der Waals surface area contributed by atoms with Gasteiger partial charge in [0.25, 0.3) is 0 Å². The summed E-state index contributed by atoms with van der Waals surface area (Å²) < 4.78 is 7.64. The van der Waals surface area contributed by atoms with E-state index in [2.05, 4.69) is 40.7 Å². The number of halogens is 1. The number of hydrogen-bond acceptors (Lipinski definition) is 7. The number of fused-ring (bicyclic) bond motifs is 1. The molecule has 0 spiro atoms. The molecule has 9 heteroatoms. The van der Waals surface area contributed by atoms with Gasteiger partial charge >= 0.3 is 0 Å². The van der Waals surface area contributed by atoms with E-state index in [4.69, 9.17) is 22.1 Å². The topological polar surface area (TPSA) is 99.2 Å². The van der Waals surface area contributed by atoms with Crippen LogP contribution in [0.5, 0.6) is 5.75 Å². The number of anilines is 1. The van der Waals surface area contributed by atoms with E-state index in [1.807, 2.05) is 19.9 Å². The zero-order valence-corrected chi connectivity index (χ0v) is 20.1. The standard InChI is InChI=1S/C23H29ClN6O2/c1-12-16(24)7-15(20(32-6)18(12)14-8-29(9-14)23(3,4)5)13(2)30-22-19(17(10-31)28-30)21(25)26-11-27-22/h7,10-11,13-14H,8-9H2,1-6H3,(H2,25,26,27). The quantitative estimate of drug-likeness (QED) is 0.579. The third-order valence-electron chi connectivity index (χ3n) is 6.47. The number of aldehydes is 1. The van der Waals surface area contributed by atoms with E-state index < -0.39 is 0 Å². The van der Waals surface area contributed by atoms with Crippen molar-refractivity contribution < 1.29 is 9.53 Å². The second kappa shape index (κ2) is 8.01. The first kappa shape index (κ1) is 22.5. The van der Waals surface area contributed by atoms with Crippen molar-refractivity contribution in [1.82, 2.24) is 24.6 Å². The average molecular weight is 457 g/mol. The number of methoxy groups -OCH3 is 1. The Bertz CT molecular complexity index is 1190. The summed E-state index contributed by atoms with van der Waals surface area (Å²) in [5.41, 5.74) is 9.87. The number of benzene rings is 1. The lowest BCUT2D eigenvalue weighted by molar-refractivity contribution is 0.0459. The van der Waals surface area contributed by atoms with Crippen LogP contribution in [0.15, 0.2) is 12.4 Å². The second-order valence-corrected chi connectivity index (χ2v) is 9.78. The van der Waals surface area contributed by atoms with E-state index in [0.29, 0.717) is 28.3 Å². The van der Waals surface area contributed by atoms with Crippen LogP contribution in [-0.4, -0.2) is 56.7 Å². The second-order valence-electron chi connectivity index (χ2n) is 9.37. The number of ether oxygens (including phenoxy) is 1. The smallest absolute Gasteiger partial charge is 0.171 e. The summed E-state index contributed by atoms with van der Waals surface area (Å²) in [7, 11) is 1.68. The minimum atomic E-state index is -0.300. The fourth-order valence-corrected chi connectivity index (χ4v) is 4.73. The summed E-state index contributed by atoms with van der Waals surface area (Å²) >= 11 is 6.71. The molecule has 170 valence electrons. The number of carbonyl (C=O) groups is 1. The fraction of sp³-hybridized carbons (Fsp3) is 0.478. The maximum Gasteiger partial charge on any atom is 0.171 e. The fourth-order valence-electron chi connectivity index (χ4n) is 4.51. The van der Waals surface area contributed by atoms with Crippen molar-refractivity contribution in [1.29, 1.82) is 0 Å². The Balaban J connectivity index is 1.83. The van der Waals surface area contributed by atoms with Crippen molar-refractivity contribution in [2.24, 2.45) is 0 Å². The molecule has 1 saturated heterocycles. The van der Waals surface area contributed by atoms with E-state index in [1.54, 1.807) is 11.8 Å². The number of hydrogen-bond donors (Lipinski definition) is 1. The van der Waals surface area contributed by atoms with E-state index in [0.717, 1.165) is 35.5 Å². The zero-order chi connectivity index (χ0) is 23.4. The highest BCUT2D eigenvalue weighted by molar-refractivity contribution is 6.31. The van der Waals surface area contributed by atoms with Gasteiger partial charge in [0.05, 0.1) is 18.5 Å². The van der Waals surface area contributed by atoms with Crippen LogP contribution < -0.4 is 10.5 Å². The molecule has 1 fully saturated rings. The van der Waals surface area contributed by atoms with Gasteiger partial charge in [0, 0.05) is 40.7 Å². The van der Waals surface area contributed by atoms with Gasteiger partial charge in [-0.25, -0.2) is 14.6 Å². The molecule has 0 aliphatic carbocycles. The Hall–Kier alpha value is -2.71. The maximum absolute atomic E-state index is 11.6. The predicted octanol–water partition coefficient (Wildman–Crippen LogP) is 4.00. The first-order chi connectivity index (χ1) is 15.1. The molecule has 1 atom stereocenters. The third-order valence-corrected chi connectivity index (χ3v) is 6.86. The van der Waals surface area contributed by atoms with Crippen molar-refractivity contribution in [3.8, 4) is 5.75 Å². The maximum atomic E-state index is 11.6. The number of nitrogen functional groups attached to an aromatic ring is 1. The lowest BCUT2D eigenvalue weighted by atomic mass is 9.82. The van der Waals surface area contributed by atoms with Crippen molar-refractivity contribution in [3.63, 3.8) is 0 Å². The SMILES string of the molecule is COc1c(C(C)n2nc(C=O)c3c(N)ncnc32)cc(Cl)c(C)c1C1CN(C(C)(C)C)C1. The molecule has 1 aromatic carbocycles. The van der Waals surface area contributed by atoms with Crippen LogP contribution in [0.3, 0.4) is 0 Å². The van der Waals surface area contributed by atoms with Crippen LogP contribution in [0.1, 0.15) is 66.8 Å². The number of nitrogens with zero attached hydrogens (tertiary/aromatic N) is 5. The lowest BCUT2D eigenvalue weighted by Gasteiger charge is -2.48. The molecule has 0 bridgehead atoms. The molecule has 3 heterocycles. The normalized spacial score (nSPS) is 16.2. The summed E-state index contributed by atoms with van der Waals surface area (Å²) in [4.78, 5) is 22.4. The van der Waals surface area contributed by atoms with Gasteiger partial charge in [-0.1, -0.05) is 11.6 Å². The highest BCUT2D eigenvalue weighted by Crippen LogP contribution is 2.45. The van der Waals surface area contributed by atoms with Crippen LogP contribution in [0.2, 0.25) is 5.02 Å². The Morgan fingerprint density at radius 3 is 2.59 bits per heavy atom. The van der Waals surface area contributed by atoms with Gasteiger partial charge in [-0.05, 0) is 46.2 Å². The third kappa shape index (κ3) is 3.51. The van der Waals surface area contributed by atoms with Gasteiger partial charge in [-0.15, -0.1) is 0 Å². The lowest BCUT2D eigenvalue weighted by Crippen LogP contribution is -2.54. The summed E-state index contributed by atoms with van der Waals surface area (Å²) in [6.45, 7) is 12.6. The van der Waals surface area contributed by atoms with Gasteiger partial charge in [-0.3, -0.25) is 9.69 Å². The molecule has 0 saturated carbocycles. The largest absolute Gasteiger partial charge is 0.496 e. The van der Waals surface area contributed by atoms with Crippen molar-refractivity contribution >= 4 is 34.7 Å². The Morgan fingerprint density at radius 1 is 1.31 bits per heavy atom. The molecule has 0 radical (unpaired) electrons. The summed E-state index contributed by atoms with van der Waals surface area (Å²) in [6.07, 6.45) is 2.04. The molecule has 0 amide bonds. The molecule has 1 unspecified atom stereocenters. The molecule has 2 aromatic heterocycles. The monoisotopic (exact) mass is 456 g/mol. The van der Waals surface area contributed by atoms with E-state index >= 15 is 0 Å². The molecule has 3 aromatic rings. The van der Waals surface area contributed by atoms with Crippen LogP contribution in [-0.2, 0) is 0 Å². The zero-order valence-electron chi connectivity index (χ0n) is 19.3. The molecule has 32 heavy (non-hydrogen) atoms. The first-order valence-corrected chi connectivity index (χ1v) is 11.0. The van der Waals surface area contributed by atoms with Gasteiger partial charge in [-0.2, -0.15) is 5.10 Å². The van der Waals surface area contributed by atoms with Gasteiger partial charge < -0.3 is 10.5 Å². The van der Waals surface area contributed by atoms with Gasteiger partial charge in [0.2, 0.25) is 0 Å². The number of aromatic nitrogens is 4. The van der Waals surface area contributed by atoms with Crippen LogP contribution >= 0.6 is 11.6 Å². The summed E-state index contributed by atoms with van der Waals surface area (Å²) in [6, 6.07) is 1.62. The predicted molar refractivity (Wildman–Crippen MR) is 126 cm³/mol. The molecule has 4 rings (SSSR count). The van der Waals surface area contributed by atoms with Crippen molar-refractivity contribution in [3.05, 3.63) is 39.8 Å². The molecular weight excluding hydrogens is 428 g/mol. The highest BCUT2D eigenvalue weighted by Gasteiger charge is 2.38. The highest BCUT2D eigenvalue weighted by atomic mass is 35.5. The van der Waals surface area contributed by atoms with Gasteiger partial charge in [0.1, 0.15) is 23.6 Å². The van der Waals surface area contributed by atoms with Crippen LogP contribution in [0.25, 0.3) is 11.0 Å². The van der Waals surface area contributed by atoms with E-state index in [1.165, 1.54) is 6.33 Å². The minimum Gasteiger partial charge on any atom is -0.496 e. The Morgan fingerprint density at radius 2 is 2.00 bits per heavy atom. The first-order valence-electron chi connectivity index (χ1n) is 10.6. The summed E-state index contributed by atoms with van der Waals surface area (Å²) in [5, 5.41) is 5.61. The van der Waals surface area contributed by atoms with E-state index in [9.17, 15) is 4.79 Å². The number of carbonyl (C=O) groups excluding carboxylic acids is 1. The number of rotatable bonds is 5.